The number of hydrogen-bond acceptors (Lipinski definition) is 4. The minimum atomic E-state index is -3.22. The molecule has 3 aromatic rings. The number of rotatable bonds is 8. The van der Waals surface area contributed by atoms with Gasteiger partial charge in [0.05, 0.1) is 17.2 Å². The van der Waals surface area contributed by atoms with Gasteiger partial charge in [0.25, 0.3) is 5.91 Å². The first-order chi connectivity index (χ1) is 13.8. The van der Waals surface area contributed by atoms with Crippen LogP contribution in [0.2, 0.25) is 5.02 Å². The van der Waals surface area contributed by atoms with E-state index >= 15 is 0 Å². The highest BCUT2D eigenvalue weighted by atomic mass is 35.5. The van der Waals surface area contributed by atoms with Crippen LogP contribution in [0.25, 0.3) is 0 Å². The zero-order valence-electron chi connectivity index (χ0n) is 15.8. The summed E-state index contributed by atoms with van der Waals surface area (Å²) in [7, 11) is -3.22. The monoisotopic (exact) mass is 448 g/mol. The van der Waals surface area contributed by atoms with Crippen molar-refractivity contribution in [1.82, 2.24) is 10.0 Å². The normalized spacial score (nSPS) is 12.5. The summed E-state index contributed by atoms with van der Waals surface area (Å²) in [6, 6.07) is 20.4. The molecule has 0 fully saturated rings. The second-order valence-corrected chi connectivity index (χ2v) is 9.99. The lowest BCUT2D eigenvalue weighted by Crippen LogP contribution is -2.28. The Morgan fingerprint density at radius 3 is 2.31 bits per heavy atom. The van der Waals surface area contributed by atoms with Crippen molar-refractivity contribution >= 4 is 38.9 Å². The van der Waals surface area contributed by atoms with E-state index in [2.05, 4.69) is 10.0 Å². The van der Waals surface area contributed by atoms with Crippen molar-refractivity contribution in [3.63, 3.8) is 0 Å². The number of benzene rings is 2. The molecule has 29 heavy (non-hydrogen) atoms. The molecule has 0 unspecified atom stereocenters. The van der Waals surface area contributed by atoms with Crippen LogP contribution in [0.4, 0.5) is 0 Å². The number of carbonyl (C=O) groups excluding carboxylic acids is 1. The fourth-order valence-corrected chi connectivity index (χ4v) is 4.37. The van der Waals surface area contributed by atoms with Crippen molar-refractivity contribution in [3.8, 4) is 0 Å². The summed E-state index contributed by atoms with van der Waals surface area (Å²) < 4.78 is 24.8. The van der Waals surface area contributed by atoms with Gasteiger partial charge in [0, 0.05) is 16.4 Å². The van der Waals surface area contributed by atoms with E-state index in [0.717, 1.165) is 22.3 Å². The first kappa shape index (κ1) is 21.5. The molecule has 0 aliphatic heterocycles. The smallest absolute Gasteiger partial charge is 0.262 e. The molecule has 5 nitrogen and oxygen atoms in total. The molecule has 1 amide bonds. The zero-order chi connectivity index (χ0) is 20.9. The maximum Gasteiger partial charge on any atom is 0.262 e. The van der Waals surface area contributed by atoms with Crippen LogP contribution in [-0.4, -0.2) is 27.1 Å². The molecular weight excluding hydrogens is 428 g/mol. The van der Waals surface area contributed by atoms with Crippen LogP contribution < -0.4 is 10.0 Å². The summed E-state index contributed by atoms with van der Waals surface area (Å²) in [6.45, 7) is 0.303. The topological polar surface area (TPSA) is 75.3 Å². The van der Waals surface area contributed by atoms with Crippen molar-refractivity contribution < 1.29 is 13.2 Å². The van der Waals surface area contributed by atoms with E-state index in [1.165, 1.54) is 11.3 Å². The van der Waals surface area contributed by atoms with Gasteiger partial charge in [-0.1, -0.05) is 54.1 Å². The van der Waals surface area contributed by atoms with E-state index in [4.69, 9.17) is 11.6 Å². The number of carbonyl (C=O) groups is 1. The fraction of sp³-hybridized carbons (Fsp3) is 0.190. The minimum Gasteiger partial charge on any atom is -0.340 e. The van der Waals surface area contributed by atoms with Gasteiger partial charge in [0.1, 0.15) is 0 Å². The fourth-order valence-electron chi connectivity index (χ4n) is 2.86. The summed E-state index contributed by atoms with van der Waals surface area (Å²) in [5.41, 5.74) is 1.90. The Morgan fingerprint density at radius 1 is 1.00 bits per heavy atom. The average Bonchev–Trinajstić information content (AvgIpc) is 3.15. The predicted molar refractivity (Wildman–Crippen MR) is 118 cm³/mol. The molecule has 1 heterocycles. The maximum atomic E-state index is 12.9. The average molecular weight is 449 g/mol. The number of hydrogen-bond donors (Lipinski definition) is 2. The van der Waals surface area contributed by atoms with Crippen molar-refractivity contribution in [2.75, 3.05) is 12.8 Å². The molecule has 2 N–H and O–H groups in total. The van der Waals surface area contributed by atoms with Gasteiger partial charge in [-0.3, -0.25) is 4.79 Å². The lowest BCUT2D eigenvalue weighted by Gasteiger charge is -2.19. The summed E-state index contributed by atoms with van der Waals surface area (Å²) in [5, 5.41) is 3.73. The largest absolute Gasteiger partial charge is 0.340 e. The molecule has 2 aromatic carbocycles. The highest BCUT2D eigenvalue weighted by Crippen LogP contribution is 2.25. The number of thiophene rings is 1. The minimum absolute atomic E-state index is 0.180. The quantitative estimate of drug-likeness (QED) is 0.546. The van der Waals surface area contributed by atoms with E-state index in [1.54, 1.807) is 18.2 Å². The molecule has 0 saturated carbocycles. The Bertz CT molecular complexity index is 1060. The highest BCUT2D eigenvalue weighted by Gasteiger charge is 2.19. The summed E-state index contributed by atoms with van der Waals surface area (Å²) in [4.78, 5) is 14.4. The molecular formula is C21H21ClN2O3S2. The Labute approximate surface area is 179 Å². The van der Waals surface area contributed by atoms with Crippen LogP contribution in [0.3, 0.4) is 0 Å². The number of sulfonamides is 1. The van der Waals surface area contributed by atoms with E-state index in [9.17, 15) is 13.2 Å². The van der Waals surface area contributed by atoms with E-state index < -0.39 is 10.0 Å². The standard InChI is InChI=1S/C21H21ClN2O3S2/c1-29(26,27)23-14-13-18-11-12-19(28-18)21(25)24-20(15-5-3-2-4-6-15)16-7-9-17(22)10-8-16/h2-12,20,23H,13-14H2,1H3,(H,24,25)/t20-/m0/s1. The zero-order valence-corrected chi connectivity index (χ0v) is 18.2. The van der Waals surface area contributed by atoms with Gasteiger partial charge >= 0.3 is 0 Å². The third-order valence-electron chi connectivity index (χ3n) is 4.23. The van der Waals surface area contributed by atoms with Gasteiger partial charge in [0.2, 0.25) is 10.0 Å². The molecule has 152 valence electrons. The molecule has 3 rings (SSSR count). The number of halogens is 1. The molecule has 1 aromatic heterocycles. The Hall–Kier alpha value is -2.19. The van der Waals surface area contributed by atoms with Crippen LogP contribution in [0.5, 0.6) is 0 Å². The molecule has 0 aliphatic rings. The second kappa shape index (κ2) is 9.54. The third-order valence-corrected chi connectivity index (χ3v) is 6.36. The maximum absolute atomic E-state index is 12.9. The first-order valence-corrected chi connectivity index (χ1v) is 12.0. The van der Waals surface area contributed by atoms with E-state index in [0.29, 0.717) is 22.9 Å². The first-order valence-electron chi connectivity index (χ1n) is 8.96. The van der Waals surface area contributed by atoms with Crippen LogP contribution >= 0.6 is 22.9 Å². The third kappa shape index (κ3) is 6.40. The Morgan fingerprint density at radius 2 is 1.66 bits per heavy atom. The predicted octanol–water partition coefficient (Wildman–Crippen LogP) is 4.01. The molecule has 0 saturated heterocycles. The Balaban J connectivity index is 1.74. The molecule has 1 atom stereocenters. The number of amides is 1. The molecule has 0 radical (unpaired) electrons. The van der Waals surface area contributed by atoms with Gasteiger partial charge in [0.15, 0.2) is 0 Å². The Kier molecular flexibility index (Phi) is 7.08. The van der Waals surface area contributed by atoms with Crippen molar-refractivity contribution in [2.45, 2.75) is 12.5 Å². The second-order valence-electron chi connectivity index (χ2n) is 6.55. The highest BCUT2D eigenvalue weighted by molar-refractivity contribution is 7.88. The number of nitrogens with one attached hydrogen (secondary N) is 2. The summed E-state index contributed by atoms with van der Waals surface area (Å²) in [5.74, 6) is -0.180. The van der Waals surface area contributed by atoms with Gasteiger partial charge in [-0.05, 0) is 41.8 Å². The van der Waals surface area contributed by atoms with Crippen molar-refractivity contribution in [1.29, 1.82) is 0 Å². The van der Waals surface area contributed by atoms with Crippen molar-refractivity contribution in [3.05, 3.63) is 92.6 Å². The van der Waals surface area contributed by atoms with Crippen LogP contribution in [0, 0.1) is 0 Å². The van der Waals surface area contributed by atoms with Gasteiger partial charge in [-0.15, -0.1) is 11.3 Å². The summed E-state index contributed by atoms with van der Waals surface area (Å²) in [6.07, 6.45) is 1.66. The van der Waals surface area contributed by atoms with Crippen LogP contribution in [-0.2, 0) is 16.4 Å². The lowest BCUT2D eigenvalue weighted by molar-refractivity contribution is 0.0947. The van der Waals surface area contributed by atoms with E-state index in [-0.39, 0.29) is 11.9 Å². The van der Waals surface area contributed by atoms with Gasteiger partial charge in [-0.2, -0.15) is 0 Å². The molecule has 0 aliphatic carbocycles. The molecule has 0 spiro atoms. The molecule has 0 bridgehead atoms. The summed E-state index contributed by atoms with van der Waals surface area (Å²) >= 11 is 7.37. The lowest BCUT2D eigenvalue weighted by atomic mass is 9.98. The van der Waals surface area contributed by atoms with E-state index in [1.807, 2.05) is 48.5 Å². The van der Waals surface area contributed by atoms with Gasteiger partial charge in [-0.25, -0.2) is 13.1 Å². The SMILES string of the molecule is CS(=O)(=O)NCCc1ccc(C(=O)N[C@@H](c2ccccc2)c2ccc(Cl)cc2)s1. The van der Waals surface area contributed by atoms with Crippen molar-refractivity contribution in [2.24, 2.45) is 0 Å². The van der Waals surface area contributed by atoms with Gasteiger partial charge < -0.3 is 5.32 Å². The van der Waals surface area contributed by atoms with Crippen LogP contribution in [0.1, 0.15) is 31.7 Å². The molecule has 8 heteroatoms. The van der Waals surface area contributed by atoms with Crippen LogP contribution in [0.15, 0.2) is 66.7 Å².